The minimum atomic E-state index is -0.164. The van der Waals surface area contributed by atoms with Crippen molar-refractivity contribution >= 4 is 11.6 Å². The van der Waals surface area contributed by atoms with E-state index in [0.29, 0.717) is 18.2 Å². The molecule has 1 N–H and O–H groups in total. The van der Waals surface area contributed by atoms with Crippen molar-refractivity contribution in [2.75, 3.05) is 5.43 Å². The molecule has 1 amide bonds. The molecule has 3 aromatic rings. The Kier molecular flexibility index (Phi) is 5.64. The number of pyridine rings is 1. The zero-order valence-electron chi connectivity index (χ0n) is 15.1. The quantitative estimate of drug-likeness (QED) is 0.648. The van der Waals surface area contributed by atoms with Crippen LogP contribution in [0.25, 0.3) is 0 Å². The van der Waals surface area contributed by atoms with Crippen LogP contribution in [0.4, 0.5) is 5.69 Å². The number of aromatic nitrogens is 1. The molecule has 0 saturated carbocycles. The Morgan fingerprint density at radius 2 is 1.65 bits per heavy atom. The van der Waals surface area contributed by atoms with E-state index >= 15 is 0 Å². The lowest BCUT2D eigenvalue weighted by Gasteiger charge is -2.24. The highest BCUT2D eigenvalue weighted by Gasteiger charge is 2.17. The highest BCUT2D eigenvalue weighted by atomic mass is 16.2. The van der Waals surface area contributed by atoms with E-state index in [0.717, 1.165) is 11.3 Å². The van der Waals surface area contributed by atoms with Gasteiger partial charge in [0.2, 0.25) is 0 Å². The Balaban J connectivity index is 1.83. The molecule has 1 heterocycles. The summed E-state index contributed by atoms with van der Waals surface area (Å²) in [4.78, 5) is 17.1. The van der Waals surface area contributed by atoms with Crippen molar-refractivity contribution in [3.63, 3.8) is 0 Å². The van der Waals surface area contributed by atoms with E-state index in [1.165, 1.54) is 5.56 Å². The van der Waals surface area contributed by atoms with Crippen LogP contribution in [0.3, 0.4) is 0 Å². The molecule has 26 heavy (non-hydrogen) atoms. The minimum Gasteiger partial charge on any atom is -0.295 e. The summed E-state index contributed by atoms with van der Waals surface area (Å²) < 4.78 is 0. The molecule has 0 spiro atoms. The molecule has 1 aromatic heterocycles. The van der Waals surface area contributed by atoms with Crippen molar-refractivity contribution in [2.45, 2.75) is 26.3 Å². The van der Waals surface area contributed by atoms with E-state index in [1.54, 1.807) is 23.3 Å². The Bertz CT molecular complexity index is 830. The first kappa shape index (κ1) is 17.7. The predicted molar refractivity (Wildman–Crippen MR) is 105 cm³/mol. The molecular formula is C22H23N3O. The van der Waals surface area contributed by atoms with Crippen molar-refractivity contribution in [3.05, 3.63) is 95.8 Å². The van der Waals surface area contributed by atoms with Crippen molar-refractivity contribution in [2.24, 2.45) is 0 Å². The van der Waals surface area contributed by atoms with Gasteiger partial charge in [-0.2, -0.15) is 0 Å². The van der Waals surface area contributed by atoms with Gasteiger partial charge in [-0.1, -0.05) is 62.4 Å². The first-order chi connectivity index (χ1) is 12.6. The average Bonchev–Trinajstić information content (AvgIpc) is 2.69. The summed E-state index contributed by atoms with van der Waals surface area (Å²) in [6, 6.07) is 23.4. The number of nitrogens with zero attached hydrogens (tertiary/aromatic N) is 2. The van der Waals surface area contributed by atoms with Gasteiger partial charge in [0.15, 0.2) is 0 Å². The Hall–Kier alpha value is -3.14. The van der Waals surface area contributed by atoms with Crippen LogP contribution in [-0.2, 0) is 6.54 Å². The number of amides is 1. The Morgan fingerprint density at radius 1 is 0.962 bits per heavy atom. The molecule has 0 atom stereocenters. The molecule has 0 aliphatic heterocycles. The van der Waals surface area contributed by atoms with Crippen LogP contribution in [0.1, 0.15) is 41.4 Å². The number of nitrogens with one attached hydrogen (secondary N) is 1. The van der Waals surface area contributed by atoms with Crippen molar-refractivity contribution < 1.29 is 4.79 Å². The third-order valence-electron chi connectivity index (χ3n) is 4.15. The molecule has 0 fully saturated rings. The molecule has 0 aliphatic carbocycles. The third-order valence-corrected chi connectivity index (χ3v) is 4.15. The van der Waals surface area contributed by atoms with Gasteiger partial charge in [0, 0.05) is 6.20 Å². The smallest absolute Gasteiger partial charge is 0.291 e. The van der Waals surface area contributed by atoms with Crippen LogP contribution < -0.4 is 5.43 Å². The number of para-hydroxylation sites is 1. The molecule has 0 unspecified atom stereocenters. The fourth-order valence-corrected chi connectivity index (χ4v) is 2.65. The molecule has 0 saturated heterocycles. The second kappa shape index (κ2) is 8.30. The largest absolute Gasteiger partial charge is 0.295 e. The first-order valence-corrected chi connectivity index (χ1v) is 8.77. The van der Waals surface area contributed by atoms with Crippen molar-refractivity contribution in [3.8, 4) is 0 Å². The van der Waals surface area contributed by atoms with E-state index in [1.807, 2.05) is 36.4 Å². The summed E-state index contributed by atoms with van der Waals surface area (Å²) in [6.07, 6.45) is 1.63. The predicted octanol–water partition coefficient (Wildman–Crippen LogP) is 4.87. The maximum atomic E-state index is 12.9. The van der Waals surface area contributed by atoms with Gasteiger partial charge in [-0.15, -0.1) is 0 Å². The van der Waals surface area contributed by atoms with Crippen LogP contribution in [0.15, 0.2) is 79.0 Å². The number of rotatable bonds is 6. The van der Waals surface area contributed by atoms with Crippen LogP contribution in [-0.4, -0.2) is 15.9 Å². The lowest BCUT2D eigenvalue weighted by molar-refractivity contribution is 0.0777. The number of hydrogen-bond acceptors (Lipinski definition) is 3. The number of anilines is 1. The zero-order valence-corrected chi connectivity index (χ0v) is 15.1. The molecule has 4 nitrogen and oxygen atoms in total. The SMILES string of the molecule is CC(C)c1ccc(CN(Nc2ccccc2)C(=O)c2ccccn2)cc1. The summed E-state index contributed by atoms with van der Waals surface area (Å²) in [6.45, 7) is 4.79. The standard InChI is InChI=1S/C22H23N3O/c1-17(2)19-13-11-18(12-14-19)16-25(24-20-8-4-3-5-9-20)22(26)21-10-6-7-15-23-21/h3-15,17,24H,16H2,1-2H3. The van der Waals surface area contributed by atoms with Gasteiger partial charge in [-0.05, 0) is 41.3 Å². The van der Waals surface area contributed by atoms with Crippen LogP contribution in [0.2, 0.25) is 0 Å². The van der Waals surface area contributed by atoms with Crippen molar-refractivity contribution in [1.82, 2.24) is 9.99 Å². The summed E-state index contributed by atoms with van der Waals surface area (Å²) in [5.74, 6) is 0.320. The second-order valence-corrected chi connectivity index (χ2v) is 6.48. The number of carbonyl (C=O) groups is 1. The lowest BCUT2D eigenvalue weighted by atomic mass is 10.0. The van der Waals surface area contributed by atoms with E-state index in [2.05, 4.69) is 48.5 Å². The highest BCUT2D eigenvalue weighted by molar-refractivity contribution is 5.93. The third kappa shape index (κ3) is 4.48. The summed E-state index contributed by atoms with van der Waals surface area (Å²) in [7, 11) is 0. The van der Waals surface area contributed by atoms with Gasteiger partial charge in [0.25, 0.3) is 5.91 Å². The topological polar surface area (TPSA) is 45.2 Å². The Morgan fingerprint density at radius 3 is 2.27 bits per heavy atom. The molecule has 0 aliphatic rings. The van der Waals surface area contributed by atoms with Crippen LogP contribution in [0.5, 0.6) is 0 Å². The lowest BCUT2D eigenvalue weighted by Crippen LogP contribution is -2.36. The van der Waals surface area contributed by atoms with Crippen LogP contribution >= 0.6 is 0 Å². The van der Waals surface area contributed by atoms with E-state index < -0.39 is 0 Å². The average molecular weight is 345 g/mol. The minimum absolute atomic E-state index is 0.164. The first-order valence-electron chi connectivity index (χ1n) is 8.77. The molecule has 132 valence electrons. The molecule has 0 radical (unpaired) electrons. The fourth-order valence-electron chi connectivity index (χ4n) is 2.65. The maximum absolute atomic E-state index is 12.9. The van der Waals surface area contributed by atoms with Crippen LogP contribution in [0, 0.1) is 0 Å². The molecule has 2 aromatic carbocycles. The molecule has 3 rings (SSSR count). The second-order valence-electron chi connectivity index (χ2n) is 6.48. The van der Waals surface area contributed by atoms with Gasteiger partial charge in [-0.3, -0.25) is 15.2 Å². The number of carbonyl (C=O) groups excluding carboxylic acids is 1. The number of hydrazine groups is 1. The zero-order chi connectivity index (χ0) is 18.4. The van der Waals surface area contributed by atoms with Crippen molar-refractivity contribution in [1.29, 1.82) is 0 Å². The number of benzene rings is 2. The Labute approximate surface area is 154 Å². The van der Waals surface area contributed by atoms with Gasteiger partial charge >= 0.3 is 0 Å². The summed E-state index contributed by atoms with van der Waals surface area (Å²) >= 11 is 0. The van der Waals surface area contributed by atoms with Gasteiger partial charge in [0.1, 0.15) is 5.69 Å². The maximum Gasteiger partial charge on any atom is 0.291 e. The van der Waals surface area contributed by atoms with Gasteiger partial charge in [-0.25, -0.2) is 5.01 Å². The normalized spacial score (nSPS) is 10.6. The van der Waals surface area contributed by atoms with E-state index in [-0.39, 0.29) is 5.91 Å². The summed E-state index contributed by atoms with van der Waals surface area (Å²) in [5, 5.41) is 1.60. The summed E-state index contributed by atoms with van der Waals surface area (Å²) in [5.41, 5.74) is 6.82. The highest BCUT2D eigenvalue weighted by Crippen LogP contribution is 2.17. The molecular weight excluding hydrogens is 322 g/mol. The fraction of sp³-hybridized carbons (Fsp3) is 0.182. The van der Waals surface area contributed by atoms with Gasteiger partial charge in [0.05, 0.1) is 12.2 Å². The molecule has 0 bridgehead atoms. The van der Waals surface area contributed by atoms with E-state index in [9.17, 15) is 4.79 Å². The monoisotopic (exact) mass is 345 g/mol. The number of hydrogen-bond donors (Lipinski definition) is 1. The van der Waals surface area contributed by atoms with Gasteiger partial charge < -0.3 is 0 Å². The van der Waals surface area contributed by atoms with E-state index in [4.69, 9.17) is 0 Å². The molecule has 4 heteroatoms.